The number of halogens is 3. The zero-order valence-electron chi connectivity index (χ0n) is 8.21. The number of aromatic nitrogens is 1. The normalized spacial score (nSPS) is 16.4. The van der Waals surface area contributed by atoms with Crippen LogP contribution in [0.4, 0.5) is 13.2 Å². The van der Waals surface area contributed by atoms with Crippen LogP contribution in [-0.4, -0.2) is 18.2 Å². The molecule has 3 nitrogen and oxygen atoms in total. The van der Waals surface area contributed by atoms with Gasteiger partial charge in [0, 0.05) is 18.2 Å². The Morgan fingerprint density at radius 3 is 2.53 bits per heavy atom. The molecule has 0 aromatic carbocycles. The van der Waals surface area contributed by atoms with E-state index < -0.39 is 17.2 Å². The summed E-state index contributed by atoms with van der Waals surface area (Å²) in [5.41, 5.74) is 5.68. The van der Waals surface area contributed by atoms with Crippen LogP contribution in [0.3, 0.4) is 0 Å². The molecule has 0 bridgehead atoms. The quantitative estimate of drug-likeness (QED) is 0.881. The van der Waals surface area contributed by atoms with Gasteiger partial charge in [-0.2, -0.15) is 13.2 Å². The van der Waals surface area contributed by atoms with Crippen LogP contribution in [0.1, 0.15) is 22.9 Å². The van der Waals surface area contributed by atoms with Gasteiger partial charge in [-0.05, 0) is 6.92 Å². The van der Waals surface area contributed by atoms with Crippen molar-refractivity contribution in [3.05, 3.63) is 16.1 Å². The smallest absolute Gasteiger partial charge is 0.380 e. The molecular formula is C8H11F3N2OS. The average Bonchev–Trinajstić information content (AvgIpc) is 2.63. The van der Waals surface area contributed by atoms with E-state index in [1.807, 2.05) is 0 Å². The van der Waals surface area contributed by atoms with Gasteiger partial charge >= 0.3 is 6.18 Å². The molecule has 1 aromatic heterocycles. The zero-order chi connectivity index (χ0) is 11.6. The van der Waals surface area contributed by atoms with Crippen LogP contribution in [0, 0.1) is 0 Å². The Hall–Kier alpha value is -0.660. The maximum atomic E-state index is 12.2. The van der Waals surface area contributed by atoms with E-state index in [0.29, 0.717) is 16.2 Å². The maximum absolute atomic E-state index is 12.2. The summed E-state index contributed by atoms with van der Waals surface area (Å²) in [5, 5.41) is -0.878. The van der Waals surface area contributed by atoms with Crippen molar-refractivity contribution in [1.29, 1.82) is 0 Å². The lowest BCUT2D eigenvalue weighted by atomic mass is 10.2. The molecular weight excluding hydrogens is 229 g/mol. The summed E-state index contributed by atoms with van der Waals surface area (Å²) >= 11 is 0.551. The van der Waals surface area contributed by atoms with Crippen LogP contribution in [0.5, 0.6) is 0 Å². The van der Waals surface area contributed by atoms with Crippen LogP contribution in [0.2, 0.25) is 0 Å². The third kappa shape index (κ3) is 2.90. The van der Waals surface area contributed by atoms with E-state index in [1.54, 1.807) is 6.92 Å². The monoisotopic (exact) mass is 240 g/mol. The van der Waals surface area contributed by atoms with Crippen LogP contribution in [-0.2, 0) is 10.9 Å². The van der Waals surface area contributed by atoms with Gasteiger partial charge < -0.3 is 10.5 Å². The first kappa shape index (κ1) is 12.4. The largest absolute Gasteiger partial charge is 0.443 e. The third-order valence-corrected chi connectivity index (χ3v) is 3.12. The van der Waals surface area contributed by atoms with Gasteiger partial charge in [0.15, 0.2) is 5.01 Å². The fraction of sp³-hybridized carbons (Fsp3) is 0.625. The van der Waals surface area contributed by atoms with E-state index in [4.69, 9.17) is 10.5 Å². The number of methoxy groups -OCH3 is 1. The molecule has 0 radical (unpaired) electrons. The fourth-order valence-electron chi connectivity index (χ4n) is 0.950. The molecule has 0 aliphatic rings. The maximum Gasteiger partial charge on any atom is 0.443 e. The summed E-state index contributed by atoms with van der Waals surface area (Å²) in [7, 11) is 1.45. The average molecular weight is 240 g/mol. The van der Waals surface area contributed by atoms with Crippen LogP contribution < -0.4 is 5.73 Å². The minimum atomic E-state index is -4.40. The van der Waals surface area contributed by atoms with Gasteiger partial charge in [-0.25, -0.2) is 4.98 Å². The Kier molecular flexibility index (Phi) is 3.69. The van der Waals surface area contributed by atoms with E-state index >= 15 is 0 Å². The summed E-state index contributed by atoms with van der Waals surface area (Å²) in [4.78, 5) is 3.66. The number of thiazole rings is 1. The van der Waals surface area contributed by atoms with Crippen molar-refractivity contribution in [2.75, 3.05) is 7.11 Å². The first-order valence-electron chi connectivity index (χ1n) is 4.17. The summed E-state index contributed by atoms with van der Waals surface area (Å²) in [6.07, 6.45) is -3.60. The number of nitrogens with zero attached hydrogens (tertiary/aromatic N) is 1. The summed E-state index contributed by atoms with van der Waals surface area (Å²) < 4.78 is 41.6. The molecule has 0 aliphatic carbocycles. The highest BCUT2D eigenvalue weighted by Gasteiger charge is 2.35. The zero-order valence-corrected chi connectivity index (χ0v) is 9.02. The van der Waals surface area contributed by atoms with E-state index in [1.165, 1.54) is 7.11 Å². The van der Waals surface area contributed by atoms with Gasteiger partial charge in [-0.1, -0.05) is 0 Å². The summed E-state index contributed by atoms with van der Waals surface area (Å²) in [6, 6.07) is -0.580. The van der Waals surface area contributed by atoms with Gasteiger partial charge in [-0.15, -0.1) is 11.3 Å². The molecule has 0 fully saturated rings. The molecule has 2 unspecified atom stereocenters. The highest BCUT2D eigenvalue weighted by atomic mass is 32.1. The number of hydrogen-bond donors (Lipinski definition) is 1. The van der Waals surface area contributed by atoms with E-state index in [0.717, 1.165) is 6.20 Å². The highest BCUT2D eigenvalue weighted by Crippen LogP contribution is 2.34. The van der Waals surface area contributed by atoms with E-state index in [-0.39, 0.29) is 6.10 Å². The lowest BCUT2D eigenvalue weighted by molar-refractivity contribution is -0.137. The number of hydrogen-bond acceptors (Lipinski definition) is 4. The first-order valence-corrected chi connectivity index (χ1v) is 4.99. The molecule has 0 spiro atoms. The Morgan fingerprint density at radius 1 is 1.53 bits per heavy atom. The minimum Gasteiger partial charge on any atom is -0.380 e. The molecule has 2 N–H and O–H groups in total. The molecule has 0 saturated heterocycles. The van der Waals surface area contributed by atoms with Crippen molar-refractivity contribution in [3.8, 4) is 0 Å². The van der Waals surface area contributed by atoms with Gasteiger partial charge in [0.2, 0.25) is 0 Å². The van der Waals surface area contributed by atoms with Gasteiger partial charge in [-0.3, -0.25) is 0 Å². The minimum absolute atomic E-state index is 0.341. The van der Waals surface area contributed by atoms with Crippen molar-refractivity contribution in [1.82, 2.24) is 4.98 Å². The summed E-state index contributed by atoms with van der Waals surface area (Å²) in [5.74, 6) is 0. The molecule has 1 rings (SSSR count). The first-order chi connectivity index (χ1) is 6.86. The molecule has 7 heteroatoms. The standard InChI is InChI=1S/C8H11F3N2OS/c1-4(14-2)6(12)5-3-13-7(15-5)8(9,10)11/h3-4,6H,12H2,1-2H3. The van der Waals surface area contributed by atoms with Gasteiger partial charge in [0.25, 0.3) is 0 Å². The van der Waals surface area contributed by atoms with Crippen LogP contribution in [0.15, 0.2) is 6.20 Å². The third-order valence-electron chi connectivity index (χ3n) is 1.97. The topological polar surface area (TPSA) is 48.1 Å². The number of ether oxygens (including phenoxy) is 1. The Labute approximate surface area is 89.1 Å². The van der Waals surface area contributed by atoms with E-state index in [9.17, 15) is 13.2 Å². The number of rotatable bonds is 3. The number of nitrogens with two attached hydrogens (primary N) is 1. The second-order valence-electron chi connectivity index (χ2n) is 3.03. The predicted octanol–water partition coefficient (Wildman–Crippen LogP) is 2.20. The predicted molar refractivity (Wildman–Crippen MR) is 50.5 cm³/mol. The highest BCUT2D eigenvalue weighted by molar-refractivity contribution is 7.11. The molecule has 0 saturated carbocycles. The lowest BCUT2D eigenvalue weighted by Gasteiger charge is -2.16. The molecule has 1 aromatic rings. The molecule has 0 amide bonds. The Morgan fingerprint density at radius 2 is 2.13 bits per heavy atom. The molecule has 0 aliphatic heterocycles. The fourth-order valence-corrected chi connectivity index (χ4v) is 1.83. The van der Waals surface area contributed by atoms with Crippen LogP contribution in [0.25, 0.3) is 0 Å². The van der Waals surface area contributed by atoms with Crippen molar-refractivity contribution >= 4 is 11.3 Å². The second kappa shape index (κ2) is 4.46. The Bertz CT molecular complexity index is 326. The van der Waals surface area contributed by atoms with Gasteiger partial charge in [0.1, 0.15) is 0 Å². The van der Waals surface area contributed by atoms with Crippen molar-refractivity contribution in [3.63, 3.8) is 0 Å². The van der Waals surface area contributed by atoms with Crippen molar-refractivity contribution in [2.45, 2.75) is 25.2 Å². The molecule has 1 heterocycles. The van der Waals surface area contributed by atoms with Crippen LogP contribution >= 0.6 is 11.3 Å². The molecule has 15 heavy (non-hydrogen) atoms. The van der Waals surface area contributed by atoms with Crippen molar-refractivity contribution < 1.29 is 17.9 Å². The molecule has 86 valence electrons. The number of alkyl halides is 3. The second-order valence-corrected chi connectivity index (χ2v) is 4.09. The Balaban J connectivity index is 2.85. The summed E-state index contributed by atoms with van der Waals surface area (Å²) in [6.45, 7) is 1.69. The SMILES string of the molecule is COC(C)C(N)c1cnc(C(F)(F)F)s1. The van der Waals surface area contributed by atoms with Crippen molar-refractivity contribution in [2.24, 2.45) is 5.73 Å². The molecule has 2 atom stereocenters. The lowest BCUT2D eigenvalue weighted by Crippen LogP contribution is -2.24. The van der Waals surface area contributed by atoms with E-state index in [2.05, 4.69) is 4.98 Å². The van der Waals surface area contributed by atoms with Gasteiger partial charge in [0.05, 0.1) is 12.1 Å².